The van der Waals surface area contributed by atoms with E-state index >= 15 is 0 Å². The third-order valence-electron chi connectivity index (χ3n) is 1.61. The molecule has 0 fully saturated rings. The molecule has 0 aromatic carbocycles. The minimum Gasteiger partial charge on any atom is -0.357 e. The van der Waals surface area contributed by atoms with Gasteiger partial charge in [-0.25, -0.2) is 17.2 Å². The Kier molecular flexibility index (Phi) is 3.15. The minimum atomic E-state index is -4.48. The smallest absolute Gasteiger partial charge is 0.279 e. The molecule has 0 radical (unpaired) electrons. The van der Waals surface area contributed by atoms with Crippen molar-refractivity contribution in [3.05, 3.63) is 27.7 Å². The van der Waals surface area contributed by atoms with Crippen LogP contribution in [0.4, 0.5) is 8.78 Å². The molecule has 0 aliphatic carbocycles. The molecule has 0 atom stereocenters. The summed E-state index contributed by atoms with van der Waals surface area (Å²) in [5.41, 5.74) is -1.88. The number of aromatic amines is 1. The highest BCUT2D eigenvalue weighted by molar-refractivity contribution is 8.13. The third-order valence-corrected chi connectivity index (χ3v) is 2.98. The van der Waals surface area contributed by atoms with Crippen molar-refractivity contribution in [2.75, 3.05) is 0 Å². The predicted octanol–water partition coefficient (Wildman–Crippen LogP) is 1.55. The number of hydrogen-bond acceptors (Lipinski definition) is 3. The molecule has 0 saturated carbocycles. The second-order valence-corrected chi connectivity index (χ2v) is 5.30. The van der Waals surface area contributed by atoms with Crippen LogP contribution < -0.4 is 5.43 Å². The van der Waals surface area contributed by atoms with Gasteiger partial charge < -0.3 is 4.98 Å². The molecule has 1 heterocycles. The molecule has 0 amide bonds. The monoisotopic (exact) mass is 257 g/mol. The van der Waals surface area contributed by atoms with Crippen LogP contribution in [0, 0.1) is 6.92 Å². The van der Waals surface area contributed by atoms with Crippen molar-refractivity contribution in [1.82, 2.24) is 4.98 Å². The molecule has 84 valence electrons. The number of halogens is 3. The molecule has 8 heteroatoms. The first-order valence-corrected chi connectivity index (χ1v) is 6.01. The molecule has 4 nitrogen and oxygen atoms in total. The van der Waals surface area contributed by atoms with E-state index in [4.69, 9.17) is 10.7 Å². The normalized spacial score (nSPS) is 12.1. The van der Waals surface area contributed by atoms with E-state index in [9.17, 15) is 22.0 Å². The number of nitrogens with one attached hydrogen (secondary N) is 1. The SMILES string of the molecule is Cc1cc(=O)c(S(=O)(=O)Cl)c(C(F)F)[nH]1. The summed E-state index contributed by atoms with van der Waals surface area (Å²) in [5.74, 6) is 0. The zero-order valence-electron chi connectivity index (χ0n) is 7.42. The highest BCUT2D eigenvalue weighted by Crippen LogP contribution is 2.24. The van der Waals surface area contributed by atoms with Gasteiger partial charge in [0.2, 0.25) is 5.43 Å². The Labute approximate surface area is 88.3 Å². The van der Waals surface area contributed by atoms with Crippen molar-refractivity contribution in [3.8, 4) is 0 Å². The van der Waals surface area contributed by atoms with E-state index in [1.54, 1.807) is 0 Å². The van der Waals surface area contributed by atoms with Gasteiger partial charge in [-0.1, -0.05) is 0 Å². The Morgan fingerprint density at radius 3 is 2.40 bits per heavy atom. The van der Waals surface area contributed by atoms with Gasteiger partial charge in [0.1, 0.15) is 5.69 Å². The van der Waals surface area contributed by atoms with Crippen LogP contribution in [0.5, 0.6) is 0 Å². The number of H-pyrrole nitrogens is 1. The summed E-state index contributed by atoms with van der Waals surface area (Å²) < 4.78 is 46.7. The van der Waals surface area contributed by atoms with Crippen LogP contribution in [0.3, 0.4) is 0 Å². The van der Waals surface area contributed by atoms with Gasteiger partial charge in [-0.3, -0.25) is 4.79 Å². The fourth-order valence-electron chi connectivity index (χ4n) is 1.11. The summed E-state index contributed by atoms with van der Waals surface area (Å²) in [4.78, 5) is 12.2. The molecule has 0 saturated heterocycles. The van der Waals surface area contributed by atoms with E-state index in [-0.39, 0.29) is 5.69 Å². The number of pyridine rings is 1. The second-order valence-electron chi connectivity index (χ2n) is 2.80. The molecule has 1 N–H and O–H groups in total. The molecule has 1 aromatic rings. The number of rotatable bonds is 2. The van der Waals surface area contributed by atoms with Gasteiger partial charge >= 0.3 is 0 Å². The number of aromatic nitrogens is 1. The van der Waals surface area contributed by atoms with Crippen molar-refractivity contribution in [3.63, 3.8) is 0 Å². The van der Waals surface area contributed by atoms with Gasteiger partial charge in [-0.05, 0) is 6.92 Å². The average Bonchev–Trinajstić information content (AvgIpc) is 1.99. The number of aryl methyl sites for hydroxylation is 1. The standard InChI is InChI=1S/C7H6ClF2NO3S/c1-3-2-4(12)6(15(8,13)14)5(11-3)7(9)10/h2,7H,1H3,(H,11,12). The van der Waals surface area contributed by atoms with E-state index in [1.165, 1.54) is 6.92 Å². The lowest BCUT2D eigenvalue weighted by Crippen LogP contribution is -2.16. The number of alkyl halides is 2. The highest BCUT2D eigenvalue weighted by atomic mass is 35.7. The Balaban J connectivity index is 3.71. The summed E-state index contributed by atoms with van der Waals surface area (Å²) in [7, 11) is 0.407. The minimum absolute atomic E-state index is 0.138. The summed E-state index contributed by atoms with van der Waals surface area (Å²) >= 11 is 0. The molecule has 0 unspecified atom stereocenters. The van der Waals surface area contributed by atoms with Crippen LogP contribution in [0.25, 0.3) is 0 Å². The van der Waals surface area contributed by atoms with Crippen molar-refractivity contribution < 1.29 is 17.2 Å². The highest BCUT2D eigenvalue weighted by Gasteiger charge is 2.26. The molecule has 1 rings (SSSR count). The molecular formula is C7H6ClF2NO3S. The predicted molar refractivity (Wildman–Crippen MR) is 49.8 cm³/mol. The maximum absolute atomic E-state index is 12.4. The Bertz CT molecular complexity index is 538. The summed E-state index contributed by atoms with van der Waals surface area (Å²) in [6, 6.07) is 0.890. The molecular weight excluding hydrogens is 252 g/mol. The lowest BCUT2D eigenvalue weighted by Gasteiger charge is -2.06. The molecule has 0 bridgehead atoms. The zero-order valence-corrected chi connectivity index (χ0v) is 8.99. The van der Waals surface area contributed by atoms with Crippen molar-refractivity contribution >= 4 is 19.7 Å². The van der Waals surface area contributed by atoms with Crippen molar-refractivity contribution in [2.24, 2.45) is 0 Å². The first-order chi connectivity index (χ1) is 6.73. The second kappa shape index (κ2) is 3.90. The van der Waals surface area contributed by atoms with Crippen LogP contribution in [0.15, 0.2) is 15.8 Å². The number of hydrogen-bond donors (Lipinski definition) is 1. The van der Waals surface area contributed by atoms with Gasteiger partial charge in [0.15, 0.2) is 4.90 Å². The van der Waals surface area contributed by atoms with Crippen LogP contribution in [-0.4, -0.2) is 13.4 Å². The summed E-state index contributed by atoms with van der Waals surface area (Å²) in [6.45, 7) is 1.36. The van der Waals surface area contributed by atoms with E-state index in [2.05, 4.69) is 4.98 Å². The van der Waals surface area contributed by atoms with Gasteiger partial charge in [0, 0.05) is 22.4 Å². The quantitative estimate of drug-likeness (QED) is 0.818. The first kappa shape index (κ1) is 12.1. The third kappa shape index (κ3) is 2.54. The van der Waals surface area contributed by atoms with E-state index in [1.807, 2.05) is 0 Å². The maximum atomic E-state index is 12.4. The Hall–Kier alpha value is -0.950. The van der Waals surface area contributed by atoms with E-state index in [0.717, 1.165) is 6.07 Å². The summed E-state index contributed by atoms with van der Waals surface area (Å²) in [6.07, 6.45) is -3.11. The molecule has 0 aliphatic rings. The topological polar surface area (TPSA) is 67.0 Å². The van der Waals surface area contributed by atoms with Crippen LogP contribution in [-0.2, 0) is 9.05 Å². The van der Waals surface area contributed by atoms with Gasteiger partial charge in [0.05, 0.1) is 0 Å². The Morgan fingerprint density at radius 1 is 1.47 bits per heavy atom. The first-order valence-electron chi connectivity index (χ1n) is 3.70. The largest absolute Gasteiger partial charge is 0.357 e. The van der Waals surface area contributed by atoms with E-state index < -0.39 is 31.5 Å². The van der Waals surface area contributed by atoms with Crippen molar-refractivity contribution in [1.29, 1.82) is 0 Å². The Morgan fingerprint density at radius 2 is 2.00 bits per heavy atom. The van der Waals surface area contributed by atoms with Gasteiger partial charge in [-0.2, -0.15) is 0 Å². The lowest BCUT2D eigenvalue weighted by molar-refractivity contribution is 0.142. The van der Waals surface area contributed by atoms with Gasteiger partial charge in [-0.15, -0.1) is 0 Å². The fourth-order valence-corrected chi connectivity index (χ4v) is 2.28. The van der Waals surface area contributed by atoms with E-state index in [0.29, 0.717) is 0 Å². The molecule has 1 aromatic heterocycles. The maximum Gasteiger partial charge on any atom is 0.279 e. The van der Waals surface area contributed by atoms with Crippen LogP contribution in [0.2, 0.25) is 0 Å². The van der Waals surface area contributed by atoms with Crippen molar-refractivity contribution in [2.45, 2.75) is 18.2 Å². The molecule has 15 heavy (non-hydrogen) atoms. The molecule has 0 aliphatic heterocycles. The van der Waals surface area contributed by atoms with Crippen LogP contribution >= 0.6 is 10.7 Å². The zero-order chi connectivity index (χ0) is 11.8. The lowest BCUT2D eigenvalue weighted by atomic mass is 10.3. The van der Waals surface area contributed by atoms with Crippen LogP contribution in [0.1, 0.15) is 17.8 Å². The molecule has 0 spiro atoms. The van der Waals surface area contributed by atoms with Gasteiger partial charge in [0.25, 0.3) is 15.5 Å². The fraction of sp³-hybridized carbons (Fsp3) is 0.286. The average molecular weight is 258 g/mol. The summed E-state index contributed by atoms with van der Waals surface area (Å²) in [5, 5.41) is 0.